The van der Waals surface area contributed by atoms with E-state index in [2.05, 4.69) is 22.0 Å². The average Bonchev–Trinajstić information content (AvgIpc) is 3.35. The molecule has 0 aliphatic carbocycles. The van der Waals surface area contributed by atoms with Crippen LogP contribution in [0, 0.1) is 0 Å². The molecule has 0 saturated heterocycles. The predicted octanol–water partition coefficient (Wildman–Crippen LogP) is 4.52. The summed E-state index contributed by atoms with van der Waals surface area (Å²) in [5, 5.41) is 8.27. The molecular weight excluding hydrogens is 384 g/mol. The molecule has 0 radical (unpaired) electrons. The van der Waals surface area contributed by atoms with Crippen molar-refractivity contribution in [2.24, 2.45) is 0 Å². The van der Waals surface area contributed by atoms with Crippen molar-refractivity contribution in [2.45, 2.75) is 12.3 Å². The fraction of sp³-hybridized carbons (Fsp3) is 0.136. The van der Waals surface area contributed by atoms with E-state index >= 15 is 0 Å². The molecule has 0 spiro atoms. The Bertz CT molecular complexity index is 1190. The maximum absolute atomic E-state index is 12.5. The molecule has 2 aromatic heterocycles. The van der Waals surface area contributed by atoms with E-state index in [1.54, 1.807) is 22.1 Å². The number of nitrogens with zero attached hydrogens (tertiary/aromatic N) is 3. The number of carbonyl (C=O) groups excluding carboxylic acids is 1. The molecule has 5 rings (SSSR count). The summed E-state index contributed by atoms with van der Waals surface area (Å²) in [4.78, 5) is 17.2. The van der Waals surface area contributed by atoms with Crippen molar-refractivity contribution >= 4 is 33.3 Å². The highest BCUT2D eigenvalue weighted by molar-refractivity contribution is 7.20. The number of aromatic nitrogens is 3. The summed E-state index contributed by atoms with van der Waals surface area (Å²) in [5.74, 6) is 1.31. The molecule has 1 amide bonds. The van der Waals surface area contributed by atoms with Gasteiger partial charge in [0.1, 0.15) is 18.2 Å². The van der Waals surface area contributed by atoms with Crippen LogP contribution >= 0.6 is 11.3 Å². The fourth-order valence-corrected chi connectivity index (χ4v) is 4.52. The normalized spacial score (nSPS) is 15.7. The molecule has 1 aliphatic rings. The van der Waals surface area contributed by atoms with Gasteiger partial charge in [0.25, 0.3) is 0 Å². The smallest absolute Gasteiger partial charge is 0.226 e. The second-order valence-electron chi connectivity index (χ2n) is 6.80. The van der Waals surface area contributed by atoms with Crippen molar-refractivity contribution in [1.29, 1.82) is 0 Å². The SMILES string of the molecule is C=CCOc1cccc([C@H]2CC(=O)Nc3c2cnn3-c2nc3ccccc3s2)c1. The van der Waals surface area contributed by atoms with Gasteiger partial charge in [-0.1, -0.05) is 48.3 Å². The van der Waals surface area contributed by atoms with Crippen molar-refractivity contribution in [3.8, 4) is 10.9 Å². The molecule has 1 atom stereocenters. The van der Waals surface area contributed by atoms with Crippen LogP contribution in [0.25, 0.3) is 15.3 Å². The number of ether oxygens (including phenoxy) is 1. The topological polar surface area (TPSA) is 69.0 Å². The van der Waals surface area contributed by atoms with Gasteiger partial charge < -0.3 is 10.1 Å². The van der Waals surface area contributed by atoms with E-state index < -0.39 is 0 Å². The van der Waals surface area contributed by atoms with Gasteiger partial charge in [0.15, 0.2) is 0 Å². The number of hydrogen-bond donors (Lipinski definition) is 1. The third-order valence-corrected chi connectivity index (χ3v) is 5.92. The van der Waals surface area contributed by atoms with Crippen LogP contribution in [0.15, 0.2) is 67.4 Å². The number of anilines is 1. The maximum Gasteiger partial charge on any atom is 0.226 e. The minimum atomic E-state index is -0.0887. The summed E-state index contributed by atoms with van der Waals surface area (Å²) in [6.07, 6.45) is 3.90. The highest BCUT2D eigenvalue weighted by Crippen LogP contribution is 2.39. The van der Waals surface area contributed by atoms with Gasteiger partial charge in [0.05, 0.1) is 16.4 Å². The number of amides is 1. The zero-order valence-corrected chi connectivity index (χ0v) is 16.4. The van der Waals surface area contributed by atoms with E-state index in [1.807, 2.05) is 54.7 Å². The molecule has 0 bridgehead atoms. The summed E-state index contributed by atoms with van der Waals surface area (Å²) in [7, 11) is 0. The first-order chi connectivity index (χ1) is 14.2. The zero-order chi connectivity index (χ0) is 19.8. The van der Waals surface area contributed by atoms with Crippen LogP contribution in [0.3, 0.4) is 0 Å². The summed E-state index contributed by atoms with van der Waals surface area (Å²) >= 11 is 1.55. The molecule has 3 heterocycles. The lowest BCUT2D eigenvalue weighted by Gasteiger charge is -2.23. The van der Waals surface area contributed by atoms with Gasteiger partial charge in [0.2, 0.25) is 11.0 Å². The molecule has 0 unspecified atom stereocenters. The molecule has 2 aromatic carbocycles. The number of hydrogen-bond acceptors (Lipinski definition) is 5. The van der Waals surface area contributed by atoms with E-state index in [-0.39, 0.29) is 11.8 Å². The van der Waals surface area contributed by atoms with Gasteiger partial charge in [-0.2, -0.15) is 9.78 Å². The molecular formula is C22H18N4O2S. The molecule has 1 aliphatic heterocycles. The maximum atomic E-state index is 12.5. The Balaban J connectivity index is 1.56. The zero-order valence-electron chi connectivity index (χ0n) is 15.5. The van der Waals surface area contributed by atoms with Crippen molar-refractivity contribution in [1.82, 2.24) is 14.8 Å². The fourth-order valence-electron chi connectivity index (χ4n) is 3.59. The van der Waals surface area contributed by atoms with Crippen LogP contribution < -0.4 is 10.1 Å². The monoisotopic (exact) mass is 402 g/mol. The van der Waals surface area contributed by atoms with Crippen LogP contribution in [-0.4, -0.2) is 27.3 Å². The lowest BCUT2D eigenvalue weighted by atomic mass is 9.87. The van der Waals surface area contributed by atoms with Crippen LogP contribution in [0.2, 0.25) is 0 Å². The minimum absolute atomic E-state index is 0.0391. The Labute approximate surface area is 171 Å². The number of fused-ring (bicyclic) bond motifs is 2. The Morgan fingerprint density at radius 1 is 1.28 bits per heavy atom. The van der Waals surface area contributed by atoms with Crippen LogP contribution in [0.5, 0.6) is 5.75 Å². The number of benzene rings is 2. The van der Waals surface area contributed by atoms with E-state index in [0.29, 0.717) is 18.8 Å². The second-order valence-corrected chi connectivity index (χ2v) is 7.81. The molecule has 6 nitrogen and oxygen atoms in total. The summed E-state index contributed by atoms with van der Waals surface area (Å²) in [6, 6.07) is 15.8. The molecule has 29 heavy (non-hydrogen) atoms. The third-order valence-electron chi connectivity index (χ3n) is 4.91. The number of carbonyl (C=O) groups is 1. The van der Waals surface area contributed by atoms with E-state index in [4.69, 9.17) is 4.74 Å². The third kappa shape index (κ3) is 3.19. The Morgan fingerprint density at radius 3 is 3.03 bits per heavy atom. The Kier molecular flexibility index (Phi) is 4.37. The molecule has 144 valence electrons. The highest BCUT2D eigenvalue weighted by Gasteiger charge is 2.31. The van der Waals surface area contributed by atoms with Gasteiger partial charge in [-0.25, -0.2) is 4.98 Å². The van der Waals surface area contributed by atoms with Crippen LogP contribution in [0.4, 0.5) is 5.82 Å². The van der Waals surface area contributed by atoms with Gasteiger partial charge in [0, 0.05) is 17.9 Å². The lowest BCUT2D eigenvalue weighted by Crippen LogP contribution is -2.24. The van der Waals surface area contributed by atoms with Crippen molar-refractivity contribution in [3.63, 3.8) is 0 Å². The summed E-state index contributed by atoms with van der Waals surface area (Å²) < 4.78 is 8.47. The highest BCUT2D eigenvalue weighted by atomic mass is 32.1. The minimum Gasteiger partial charge on any atom is -0.490 e. The Hall–Kier alpha value is -3.45. The van der Waals surface area contributed by atoms with Crippen molar-refractivity contribution < 1.29 is 9.53 Å². The number of nitrogens with one attached hydrogen (secondary N) is 1. The number of rotatable bonds is 5. The first-order valence-corrected chi connectivity index (χ1v) is 10.1. The van der Waals surface area contributed by atoms with E-state index in [9.17, 15) is 4.79 Å². The molecule has 1 N–H and O–H groups in total. The first kappa shape index (κ1) is 17.6. The summed E-state index contributed by atoms with van der Waals surface area (Å²) in [5.41, 5.74) is 2.92. The average molecular weight is 402 g/mol. The van der Waals surface area contributed by atoms with Gasteiger partial charge in [-0.05, 0) is 29.8 Å². The number of thiazole rings is 1. The van der Waals surface area contributed by atoms with E-state index in [1.165, 1.54) is 0 Å². The van der Waals surface area contributed by atoms with Crippen molar-refractivity contribution in [3.05, 3.63) is 78.5 Å². The van der Waals surface area contributed by atoms with Gasteiger partial charge in [-0.15, -0.1) is 0 Å². The largest absolute Gasteiger partial charge is 0.490 e. The van der Waals surface area contributed by atoms with Gasteiger partial charge >= 0.3 is 0 Å². The quantitative estimate of drug-likeness (QED) is 0.498. The van der Waals surface area contributed by atoms with Crippen LogP contribution in [-0.2, 0) is 4.79 Å². The molecule has 0 saturated carbocycles. The van der Waals surface area contributed by atoms with E-state index in [0.717, 1.165) is 32.2 Å². The lowest BCUT2D eigenvalue weighted by molar-refractivity contribution is -0.116. The van der Waals surface area contributed by atoms with Crippen molar-refractivity contribution in [2.75, 3.05) is 11.9 Å². The van der Waals surface area contributed by atoms with Crippen LogP contribution in [0.1, 0.15) is 23.5 Å². The first-order valence-electron chi connectivity index (χ1n) is 9.30. The summed E-state index contributed by atoms with van der Waals surface area (Å²) in [6.45, 7) is 4.12. The molecule has 4 aromatic rings. The predicted molar refractivity (Wildman–Crippen MR) is 114 cm³/mol. The molecule has 7 heteroatoms. The second kappa shape index (κ2) is 7.18. The Morgan fingerprint density at radius 2 is 2.17 bits per heavy atom. The van der Waals surface area contributed by atoms with Gasteiger partial charge in [-0.3, -0.25) is 4.79 Å². The standard InChI is InChI=1S/C22H18N4O2S/c1-2-10-28-15-7-5-6-14(11-15)16-12-20(27)25-21-17(16)13-23-26(21)22-24-18-8-3-4-9-19(18)29-22/h2-9,11,13,16H,1,10,12H2,(H,25,27)/t16-/m1/s1. The number of para-hydroxylation sites is 1. The molecule has 0 fully saturated rings.